The third-order valence-corrected chi connectivity index (χ3v) is 7.66. The van der Waals surface area contributed by atoms with Gasteiger partial charge in [-0.05, 0) is 36.6 Å². The number of hydrogen-bond acceptors (Lipinski definition) is 7. The SMILES string of the molecule is COC(=O)[C@@]12CCCN1[C@H](c1ccc(-c3ccccc3)c(OC)c1)[C@H]1C(=O)N(C)C(=O)[C@H]12.O=C(O)C(F)(F)F. The molecule has 4 atom stereocenters. The zero-order chi connectivity index (χ0) is 28.7. The summed E-state index contributed by atoms with van der Waals surface area (Å²) in [5, 5.41) is 7.12. The molecule has 2 amide bonds. The maximum Gasteiger partial charge on any atom is 0.490 e. The topological polar surface area (TPSA) is 113 Å². The molecule has 0 saturated carbocycles. The van der Waals surface area contributed by atoms with Gasteiger partial charge in [0.2, 0.25) is 11.8 Å². The first-order chi connectivity index (χ1) is 18.4. The number of carbonyl (C=O) groups is 4. The first-order valence-electron chi connectivity index (χ1n) is 12.1. The average Bonchev–Trinajstić information content (AvgIpc) is 3.54. The molecular weight excluding hydrogens is 521 g/mol. The van der Waals surface area contributed by atoms with Crippen LogP contribution in [0.4, 0.5) is 13.2 Å². The number of esters is 1. The van der Waals surface area contributed by atoms with E-state index in [1.807, 2.05) is 53.4 Å². The van der Waals surface area contributed by atoms with Crippen LogP contribution in [0.25, 0.3) is 11.1 Å². The Morgan fingerprint density at radius 2 is 1.69 bits per heavy atom. The first kappa shape index (κ1) is 28.1. The minimum atomic E-state index is -5.08. The number of halogens is 3. The van der Waals surface area contributed by atoms with Crippen molar-refractivity contribution in [2.45, 2.75) is 30.6 Å². The van der Waals surface area contributed by atoms with Crippen molar-refractivity contribution in [3.05, 3.63) is 54.1 Å². The standard InChI is InChI=1S/C25H26N2O5.C2HF3O2/c1-26-22(28)19-20(23(26)29)25(24(30)32-3)12-7-13-27(25)21(19)16-10-11-17(18(14-16)31-2)15-8-5-4-6-9-15;3-2(4,5)1(6)7/h4-6,8-11,14,19-21H,7,12-13H2,1-3H3;(H,6,7)/t19-,20-,21+,25-;/m0./s1. The molecule has 3 saturated heterocycles. The number of methoxy groups -OCH3 is 2. The van der Waals surface area contributed by atoms with Crippen molar-refractivity contribution in [1.29, 1.82) is 0 Å². The zero-order valence-corrected chi connectivity index (χ0v) is 21.4. The van der Waals surface area contributed by atoms with E-state index in [1.165, 1.54) is 19.1 Å². The molecule has 0 spiro atoms. The minimum absolute atomic E-state index is 0.242. The molecule has 9 nitrogen and oxygen atoms in total. The molecule has 0 aromatic heterocycles. The molecule has 39 heavy (non-hydrogen) atoms. The molecular formula is C27H27F3N2O7. The van der Waals surface area contributed by atoms with Crippen LogP contribution in [0.1, 0.15) is 24.4 Å². The number of carbonyl (C=O) groups excluding carboxylic acids is 3. The van der Waals surface area contributed by atoms with E-state index < -0.39 is 41.5 Å². The second-order valence-corrected chi connectivity index (χ2v) is 9.53. The maximum absolute atomic E-state index is 13.2. The van der Waals surface area contributed by atoms with Crippen LogP contribution < -0.4 is 4.74 Å². The summed E-state index contributed by atoms with van der Waals surface area (Å²) in [6.45, 7) is 0.625. The molecule has 0 bridgehead atoms. The number of amides is 2. The summed E-state index contributed by atoms with van der Waals surface area (Å²) < 4.78 is 42.6. The van der Waals surface area contributed by atoms with Gasteiger partial charge in [0, 0.05) is 18.7 Å². The quantitative estimate of drug-likeness (QED) is 0.458. The van der Waals surface area contributed by atoms with Crippen molar-refractivity contribution >= 4 is 23.8 Å². The van der Waals surface area contributed by atoms with E-state index in [4.69, 9.17) is 19.4 Å². The molecule has 0 radical (unpaired) electrons. The van der Waals surface area contributed by atoms with Gasteiger partial charge >= 0.3 is 18.1 Å². The van der Waals surface area contributed by atoms with Gasteiger partial charge in [-0.15, -0.1) is 0 Å². The molecule has 12 heteroatoms. The number of alkyl halides is 3. The summed E-state index contributed by atoms with van der Waals surface area (Å²) in [5.41, 5.74) is 1.73. The molecule has 3 aliphatic rings. The first-order valence-corrected chi connectivity index (χ1v) is 12.1. The van der Waals surface area contributed by atoms with Crippen molar-refractivity contribution < 1.29 is 46.9 Å². The van der Waals surface area contributed by atoms with E-state index in [2.05, 4.69) is 0 Å². The molecule has 2 aromatic rings. The smallest absolute Gasteiger partial charge is 0.490 e. The number of nitrogens with zero attached hydrogens (tertiary/aromatic N) is 2. The van der Waals surface area contributed by atoms with Crippen LogP contribution in [0, 0.1) is 11.8 Å². The highest BCUT2D eigenvalue weighted by Gasteiger charge is 2.73. The summed E-state index contributed by atoms with van der Waals surface area (Å²) in [6, 6.07) is 15.4. The number of hydrogen-bond donors (Lipinski definition) is 1. The predicted molar refractivity (Wildman–Crippen MR) is 130 cm³/mol. The van der Waals surface area contributed by atoms with Gasteiger partial charge in [0.25, 0.3) is 0 Å². The lowest BCUT2D eigenvalue weighted by Crippen LogP contribution is -2.54. The van der Waals surface area contributed by atoms with Gasteiger partial charge in [-0.1, -0.05) is 42.5 Å². The van der Waals surface area contributed by atoms with Crippen LogP contribution in [0.2, 0.25) is 0 Å². The van der Waals surface area contributed by atoms with Gasteiger partial charge in [-0.2, -0.15) is 13.2 Å². The van der Waals surface area contributed by atoms with Gasteiger partial charge < -0.3 is 14.6 Å². The number of rotatable bonds is 4. The summed E-state index contributed by atoms with van der Waals surface area (Å²) in [6.07, 6.45) is -3.82. The number of imide groups is 1. The Bertz CT molecular complexity index is 1300. The third kappa shape index (κ3) is 4.52. The second-order valence-electron chi connectivity index (χ2n) is 9.53. The van der Waals surface area contributed by atoms with Gasteiger partial charge in [0.15, 0.2) is 0 Å². The fourth-order valence-corrected chi connectivity index (χ4v) is 6.09. The fraction of sp³-hybridized carbons (Fsp3) is 0.407. The van der Waals surface area contributed by atoms with Crippen LogP contribution in [0.5, 0.6) is 5.75 Å². The van der Waals surface area contributed by atoms with Crippen LogP contribution in [0.15, 0.2) is 48.5 Å². The Hall–Kier alpha value is -3.93. The van der Waals surface area contributed by atoms with Crippen molar-refractivity contribution in [2.24, 2.45) is 11.8 Å². The van der Waals surface area contributed by atoms with Crippen LogP contribution in [-0.4, -0.2) is 78.2 Å². The minimum Gasteiger partial charge on any atom is -0.496 e. The number of aliphatic carboxylic acids is 1. The number of carboxylic acids is 1. The highest BCUT2D eigenvalue weighted by Crippen LogP contribution is 2.59. The van der Waals surface area contributed by atoms with Gasteiger partial charge in [0.1, 0.15) is 11.3 Å². The average molecular weight is 549 g/mol. The van der Waals surface area contributed by atoms with Crippen molar-refractivity contribution in [3.63, 3.8) is 0 Å². The molecule has 3 fully saturated rings. The molecule has 0 aliphatic carbocycles. The number of likely N-dealkylation sites (tertiary alicyclic amines) is 1. The van der Waals surface area contributed by atoms with E-state index in [-0.39, 0.29) is 11.8 Å². The van der Waals surface area contributed by atoms with Crippen LogP contribution in [-0.2, 0) is 23.9 Å². The van der Waals surface area contributed by atoms with E-state index in [1.54, 1.807) is 7.11 Å². The largest absolute Gasteiger partial charge is 0.496 e. The lowest BCUT2D eigenvalue weighted by molar-refractivity contribution is -0.192. The summed E-state index contributed by atoms with van der Waals surface area (Å²) in [7, 11) is 4.47. The Morgan fingerprint density at radius 1 is 1.05 bits per heavy atom. The van der Waals surface area contributed by atoms with Crippen LogP contribution >= 0.6 is 0 Å². The number of carboxylic acid groups (broad SMARTS) is 1. The van der Waals surface area contributed by atoms with E-state index in [0.717, 1.165) is 23.1 Å². The maximum atomic E-state index is 13.2. The lowest BCUT2D eigenvalue weighted by Gasteiger charge is -2.35. The Balaban J connectivity index is 0.000000448. The van der Waals surface area contributed by atoms with Gasteiger partial charge in [-0.25, -0.2) is 4.79 Å². The zero-order valence-electron chi connectivity index (χ0n) is 21.4. The Morgan fingerprint density at radius 3 is 2.26 bits per heavy atom. The molecule has 3 heterocycles. The molecule has 3 aliphatic heterocycles. The summed E-state index contributed by atoms with van der Waals surface area (Å²) in [5.74, 6) is -4.41. The highest BCUT2D eigenvalue weighted by atomic mass is 19.4. The second kappa shape index (κ2) is 10.3. The molecule has 5 rings (SSSR count). The normalized spacial score (nSPS) is 26.0. The molecule has 1 N–H and O–H groups in total. The Kier molecular flexibility index (Phi) is 7.44. The number of benzene rings is 2. The fourth-order valence-electron chi connectivity index (χ4n) is 6.09. The van der Waals surface area contributed by atoms with E-state index in [9.17, 15) is 27.6 Å². The molecule has 208 valence electrons. The number of fused-ring (bicyclic) bond motifs is 3. The molecule has 0 unspecified atom stereocenters. The van der Waals surface area contributed by atoms with E-state index in [0.29, 0.717) is 18.7 Å². The molecule has 2 aromatic carbocycles. The summed E-state index contributed by atoms with van der Waals surface area (Å²) in [4.78, 5) is 51.6. The third-order valence-electron chi connectivity index (χ3n) is 7.66. The van der Waals surface area contributed by atoms with Gasteiger partial charge in [-0.3, -0.25) is 24.2 Å². The van der Waals surface area contributed by atoms with Crippen molar-refractivity contribution in [2.75, 3.05) is 27.8 Å². The lowest BCUT2D eigenvalue weighted by atomic mass is 9.77. The van der Waals surface area contributed by atoms with Crippen LogP contribution in [0.3, 0.4) is 0 Å². The highest BCUT2D eigenvalue weighted by molar-refractivity contribution is 6.09. The monoisotopic (exact) mass is 548 g/mol. The van der Waals surface area contributed by atoms with Gasteiger partial charge in [0.05, 0.1) is 26.1 Å². The predicted octanol–water partition coefficient (Wildman–Crippen LogP) is 3.29. The number of ether oxygens (including phenoxy) is 2. The summed E-state index contributed by atoms with van der Waals surface area (Å²) >= 11 is 0. The van der Waals surface area contributed by atoms with E-state index >= 15 is 0 Å². The Labute approximate surface area is 222 Å². The van der Waals surface area contributed by atoms with Crippen molar-refractivity contribution in [3.8, 4) is 16.9 Å². The van der Waals surface area contributed by atoms with Crippen molar-refractivity contribution in [1.82, 2.24) is 9.80 Å².